The van der Waals surface area contributed by atoms with Crippen molar-refractivity contribution in [3.63, 3.8) is 0 Å². The fourth-order valence-electron chi connectivity index (χ4n) is 2.52. The van der Waals surface area contributed by atoms with Crippen LogP contribution < -0.4 is 5.43 Å². The van der Waals surface area contributed by atoms with Crippen LogP contribution in [0.3, 0.4) is 0 Å². The van der Waals surface area contributed by atoms with Crippen LogP contribution in [-0.4, -0.2) is 16.2 Å². The highest BCUT2D eigenvalue weighted by Crippen LogP contribution is 2.36. The molecular formula is C19H12Cl2N4S. The van der Waals surface area contributed by atoms with E-state index in [0.717, 1.165) is 26.9 Å². The highest BCUT2D eigenvalue weighted by Gasteiger charge is 2.12. The van der Waals surface area contributed by atoms with E-state index >= 15 is 0 Å². The molecule has 0 saturated carbocycles. The van der Waals surface area contributed by atoms with E-state index in [9.17, 15) is 0 Å². The van der Waals surface area contributed by atoms with Crippen LogP contribution in [0, 0.1) is 0 Å². The minimum Gasteiger partial charge on any atom is -0.261 e. The molecule has 26 heavy (non-hydrogen) atoms. The van der Waals surface area contributed by atoms with Crippen molar-refractivity contribution in [2.45, 2.75) is 0 Å². The van der Waals surface area contributed by atoms with Gasteiger partial charge in [-0.3, -0.25) is 5.43 Å². The Hall–Kier alpha value is -2.47. The largest absolute Gasteiger partial charge is 0.261 e. The lowest BCUT2D eigenvalue weighted by Crippen LogP contribution is -1.95. The van der Waals surface area contributed by atoms with Gasteiger partial charge in [-0.05, 0) is 35.4 Å². The third kappa shape index (κ3) is 3.55. The van der Waals surface area contributed by atoms with Gasteiger partial charge in [-0.2, -0.15) is 5.10 Å². The smallest absolute Gasteiger partial charge is 0.159 e. The van der Waals surface area contributed by atoms with E-state index in [1.807, 2.05) is 48.5 Å². The van der Waals surface area contributed by atoms with Gasteiger partial charge in [0.1, 0.15) is 11.2 Å². The first-order valence-electron chi connectivity index (χ1n) is 7.73. The quantitative estimate of drug-likeness (QED) is 0.333. The van der Waals surface area contributed by atoms with Crippen LogP contribution in [0.5, 0.6) is 0 Å². The Labute approximate surface area is 164 Å². The molecule has 0 saturated heterocycles. The topological polar surface area (TPSA) is 50.2 Å². The molecule has 0 bridgehead atoms. The zero-order valence-electron chi connectivity index (χ0n) is 13.4. The summed E-state index contributed by atoms with van der Waals surface area (Å²) in [5, 5.41) is 8.70. The maximum Gasteiger partial charge on any atom is 0.159 e. The van der Waals surface area contributed by atoms with Gasteiger partial charge in [0, 0.05) is 21.0 Å². The number of benzene rings is 2. The molecule has 4 nitrogen and oxygen atoms in total. The molecule has 0 spiro atoms. The molecule has 2 aromatic heterocycles. The summed E-state index contributed by atoms with van der Waals surface area (Å²) in [5.41, 5.74) is 6.07. The van der Waals surface area contributed by atoms with Gasteiger partial charge >= 0.3 is 0 Å². The fourth-order valence-corrected chi connectivity index (χ4v) is 3.69. The number of anilines is 1. The maximum absolute atomic E-state index is 6.00. The van der Waals surface area contributed by atoms with E-state index in [1.54, 1.807) is 17.6 Å². The summed E-state index contributed by atoms with van der Waals surface area (Å²) in [7, 11) is 0. The molecule has 2 heterocycles. The van der Waals surface area contributed by atoms with E-state index in [4.69, 9.17) is 23.2 Å². The summed E-state index contributed by atoms with van der Waals surface area (Å²) >= 11 is 13.5. The summed E-state index contributed by atoms with van der Waals surface area (Å²) < 4.78 is 0. The lowest BCUT2D eigenvalue weighted by Gasteiger charge is -2.05. The lowest BCUT2D eigenvalue weighted by molar-refractivity contribution is 1.19. The fraction of sp³-hybridized carbons (Fsp3) is 0. The highest BCUT2D eigenvalue weighted by molar-refractivity contribution is 7.17. The lowest BCUT2D eigenvalue weighted by atomic mass is 10.1. The minimum atomic E-state index is 0.659. The van der Waals surface area contributed by atoms with Crippen molar-refractivity contribution in [3.05, 3.63) is 75.8 Å². The first kappa shape index (κ1) is 17.0. The first-order chi connectivity index (χ1) is 12.7. The van der Waals surface area contributed by atoms with Crippen molar-refractivity contribution in [2.24, 2.45) is 5.10 Å². The van der Waals surface area contributed by atoms with E-state index in [1.165, 1.54) is 6.33 Å². The number of hydrazone groups is 1. The van der Waals surface area contributed by atoms with Crippen molar-refractivity contribution >= 4 is 56.8 Å². The van der Waals surface area contributed by atoms with Crippen LogP contribution in [0.15, 0.2) is 65.3 Å². The average molecular weight is 399 g/mol. The Kier molecular flexibility index (Phi) is 4.84. The van der Waals surface area contributed by atoms with Crippen molar-refractivity contribution in [1.82, 2.24) is 9.97 Å². The van der Waals surface area contributed by atoms with Gasteiger partial charge in [0.05, 0.1) is 11.6 Å². The summed E-state index contributed by atoms with van der Waals surface area (Å²) in [4.78, 5) is 9.61. The second kappa shape index (κ2) is 7.41. The predicted octanol–water partition coefficient (Wildman–Crippen LogP) is 6.11. The molecule has 1 N–H and O–H groups in total. The van der Waals surface area contributed by atoms with Gasteiger partial charge in [0.15, 0.2) is 5.82 Å². The predicted molar refractivity (Wildman–Crippen MR) is 111 cm³/mol. The molecule has 0 atom stereocenters. The van der Waals surface area contributed by atoms with E-state index in [2.05, 4.69) is 25.9 Å². The standard InChI is InChI=1S/C19H12Cl2N4S/c20-14-5-1-12(2-6-14)9-24-25-18-17-16(10-26-19(17)23-11-22-18)13-3-7-15(21)8-4-13/h1-11H,(H,22,23,25). The van der Waals surface area contributed by atoms with E-state index in [0.29, 0.717) is 15.9 Å². The maximum atomic E-state index is 6.00. The zero-order valence-corrected chi connectivity index (χ0v) is 15.7. The number of hydrogen-bond acceptors (Lipinski definition) is 5. The van der Waals surface area contributed by atoms with Crippen molar-refractivity contribution in [3.8, 4) is 11.1 Å². The SMILES string of the molecule is Clc1ccc(C=NNc2ncnc3scc(-c4ccc(Cl)cc4)c23)cc1. The molecule has 0 aliphatic carbocycles. The van der Waals surface area contributed by atoms with Gasteiger partial charge in [0.25, 0.3) is 0 Å². The number of thiophene rings is 1. The summed E-state index contributed by atoms with van der Waals surface area (Å²) in [6.07, 6.45) is 3.25. The third-order valence-corrected chi connectivity index (χ3v) is 5.17. The number of halogens is 2. The Morgan fingerprint density at radius 3 is 2.35 bits per heavy atom. The highest BCUT2D eigenvalue weighted by atomic mass is 35.5. The van der Waals surface area contributed by atoms with Crippen LogP contribution in [0.2, 0.25) is 10.0 Å². The third-order valence-electron chi connectivity index (χ3n) is 3.78. The normalized spacial score (nSPS) is 11.3. The molecule has 0 aliphatic heterocycles. The number of nitrogens with one attached hydrogen (secondary N) is 1. The average Bonchev–Trinajstić information content (AvgIpc) is 3.09. The number of nitrogens with zero attached hydrogens (tertiary/aromatic N) is 3. The summed E-state index contributed by atoms with van der Waals surface area (Å²) in [6.45, 7) is 0. The van der Waals surface area contributed by atoms with Gasteiger partial charge in [-0.25, -0.2) is 9.97 Å². The molecular weight excluding hydrogens is 387 g/mol. The zero-order chi connectivity index (χ0) is 17.9. The van der Waals surface area contributed by atoms with Gasteiger partial charge < -0.3 is 0 Å². The van der Waals surface area contributed by atoms with Crippen LogP contribution in [0.25, 0.3) is 21.3 Å². The Morgan fingerprint density at radius 1 is 0.923 bits per heavy atom. The van der Waals surface area contributed by atoms with E-state index < -0.39 is 0 Å². The van der Waals surface area contributed by atoms with Crippen molar-refractivity contribution in [2.75, 3.05) is 5.43 Å². The second-order valence-electron chi connectivity index (χ2n) is 5.48. The molecule has 0 fully saturated rings. The van der Waals surface area contributed by atoms with Crippen molar-refractivity contribution in [1.29, 1.82) is 0 Å². The second-order valence-corrected chi connectivity index (χ2v) is 7.21. The van der Waals surface area contributed by atoms with Crippen LogP contribution in [-0.2, 0) is 0 Å². The monoisotopic (exact) mass is 398 g/mol. The number of aromatic nitrogens is 2. The number of fused-ring (bicyclic) bond motifs is 1. The van der Waals surface area contributed by atoms with Crippen LogP contribution >= 0.6 is 34.5 Å². The molecule has 128 valence electrons. The number of rotatable bonds is 4. The van der Waals surface area contributed by atoms with Gasteiger partial charge in [0.2, 0.25) is 0 Å². The Balaban J connectivity index is 1.67. The van der Waals surface area contributed by atoms with Gasteiger partial charge in [-0.1, -0.05) is 47.5 Å². The van der Waals surface area contributed by atoms with Crippen molar-refractivity contribution < 1.29 is 0 Å². The van der Waals surface area contributed by atoms with Gasteiger partial charge in [-0.15, -0.1) is 11.3 Å². The first-order valence-corrected chi connectivity index (χ1v) is 9.37. The molecule has 0 unspecified atom stereocenters. The minimum absolute atomic E-state index is 0.659. The molecule has 4 aromatic rings. The Morgan fingerprint density at radius 2 is 1.62 bits per heavy atom. The molecule has 0 aliphatic rings. The molecule has 4 rings (SSSR count). The van der Waals surface area contributed by atoms with Crippen LogP contribution in [0.1, 0.15) is 5.56 Å². The molecule has 2 aromatic carbocycles. The molecule has 0 amide bonds. The Bertz CT molecular complexity index is 1070. The molecule has 0 radical (unpaired) electrons. The summed E-state index contributed by atoms with van der Waals surface area (Å²) in [6, 6.07) is 15.1. The van der Waals surface area contributed by atoms with E-state index in [-0.39, 0.29) is 0 Å². The van der Waals surface area contributed by atoms with Crippen LogP contribution in [0.4, 0.5) is 5.82 Å². The summed E-state index contributed by atoms with van der Waals surface area (Å²) in [5.74, 6) is 0.659. The number of hydrogen-bond donors (Lipinski definition) is 1. The molecule has 7 heteroatoms.